The number of amides is 3. The van der Waals surface area contributed by atoms with Gasteiger partial charge in [-0.2, -0.15) is 0 Å². The molecule has 1 fully saturated rings. The number of carbonyl (C=O) groups is 3. The molecule has 2 aromatic rings. The maximum Gasteiger partial charge on any atom is 0.253 e. The molecule has 152 valence electrons. The highest BCUT2D eigenvalue weighted by Crippen LogP contribution is 2.20. The highest BCUT2D eigenvalue weighted by molar-refractivity contribution is 5.95. The lowest BCUT2D eigenvalue weighted by Gasteiger charge is -2.31. The van der Waals surface area contributed by atoms with E-state index in [4.69, 9.17) is 0 Å². The minimum absolute atomic E-state index is 0.0395. The van der Waals surface area contributed by atoms with E-state index in [9.17, 15) is 14.4 Å². The zero-order valence-corrected chi connectivity index (χ0v) is 16.7. The molecule has 0 radical (unpaired) electrons. The Bertz CT molecular complexity index is 841. The van der Waals surface area contributed by atoms with Gasteiger partial charge >= 0.3 is 0 Å². The van der Waals surface area contributed by atoms with Gasteiger partial charge in [0.15, 0.2) is 0 Å². The van der Waals surface area contributed by atoms with Crippen LogP contribution in [-0.2, 0) is 16.0 Å². The Hall–Kier alpha value is -3.15. The first-order chi connectivity index (χ1) is 14.0. The average Bonchev–Trinajstić information content (AvgIpc) is 2.74. The molecule has 0 spiro atoms. The zero-order valence-electron chi connectivity index (χ0n) is 16.7. The van der Waals surface area contributed by atoms with Crippen molar-refractivity contribution < 1.29 is 14.4 Å². The maximum atomic E-state index is 12.7. The molecule has 1 saturated heterocycles. The van der Waals surface area contributed by atoms with Crippen molar-refractivity contribution in [1.29, 1.82) is 0 Å². The first-order valence-electron chi connectivity index (χ1n) is 10.0. The Morgan fingerprint density at radius 1 is 0.966 bits per heavy atom. The molecule has 1 aliphatic heterocycles. The van der Waals surface area contributed by atoms with Crippen LogP contribution in [0.1, 0.15) is 35.7 Å². The van der Waals surface area contributed by atoms with Crippen molar-refractivity contribution >= 4 is 23.4 Å². The van der Waals surface area contributed by atoms with Gasteiger partial charge in [0.25, 0.3) is 5.91 Å². The predicted molar refractivity (Wildman–Crippen MR) is 113 cm³/mol. The summed E-state index contributed by atoms with van der Waals surface area (Å²) in [6, 6.07) is 17.0. The fraction of sp³-hybridized carbons (Fsp3) is 0.348. The fourth-order valence-electron chi connectivity index (χ4n) is 3.55. The minimum Gasteiger partial charge on any atom is -0.356 e. The van der Waals surface area contributed by atoms with E-state index in [0.717, 1.165) is 6.42 Å². The summed E-state index contributed by atoms with van der Waals surface area (Å²) >= 11 is 0. The Balaban J connectivity index is 1.43. The van der Waals surface area contributed by atoms with Crippen molar-refractivity contribution in [3.8, 4) is 0 Å². The summed E-state index contributed by atoms with van der Waals surface area (Å²) in [5, 5.41) is 5.71. The van der Waals surface area contributed by atoms with Gasteiger partial charge in [-0.25, -0.2) is 0 Å². The summed E-state index contributed by atoms with van der Waals surface area (Å²) < 4.78 is 0. The molecule has 0 atom stereocenters. The minimum atomic E-state index is -0.145. The van der Waals surface area contributed by atoms with E-state index in [1.165, 1.54) is 12.5 Å². The quantitative estimate of drug-likeness (QED) is 0.792. The summed E-state index contributed by atoms with van der Waals surface area (Å²) in [6.45, 7) is 3.22. The predicted octanol–water partition coefficient (Wildman–Crippen LogP) is 2.86. The molecule has 2 aromatic carbocycles. The number of hydrogen-bond acceptors (Lipinski definition) is 3. The molecular formula is C23H27N3O3. The van der Waals surface area contributed by atoms with Gasteiger partial charge in [-0.15, -0.1) is 0 Å². The van der Waals surface area contributed by atoms with E-state index in [-0.39, 0.29) is 23.6 Å². The third-order valence-corrected chi connectivity index (χ3v) is 5.16. The molecule has 2 N–H and O–H groups in total. The molecule has 3 amide bonds. The number of carbonyl (C=O) groups excluding carboxylic acids is 3. The van der Waals surface area contributed by atoms with E-state index in [0.29, 0.717) is 43.7 Å². The van der Waals surface area contributed by atoms with Crippen molar-refractivity contribution in [3.63, 3.8) is 0 Å². The summed E-state index contributed by atoms with van der Waals surface area (Å²) in [7, 11) is 0. The third kappa shape index (κ3) is 5.91. The number of piperidine rings is 1. The lowest BCUT2D eigenvalue weighted by atomic mass is 9.95. The van der Waals surface area contributed by atoms with Gasteiger partial charge in [-0.3, -0.25) is 14.4 Å². The average molecular weight is 393 g/mol. The number of nitrogens with one attached hydrogen (secondary N) is 2. The van der Waals surface area contributed by atoms with Crippen LogP contribution in [-0.4, -0.2) is 42.3 Å². The van der Waals surface area contributed by atoms with Crippen molar-refractivity contribution in [2.45, 2.75) is 26.2 Å². The molecular weight excluding hydrogens is 366 g/mol. The van der Waals surface area contributed by atoms with Gasteiger partial charge in [0.05, 0.1) is 0 Å². The topological polar surface area (TPSA) is 78.5 Å². The molecule has 0 unspecified atom stereocenters. The van der Waals surface area contributed by atoms with Crippen molar-refractivity contribution in [1.82, 2.24) is 10.2 Å². The van der Waals surface area contributed by atoms with Crippen LogP contribution in [0.5, 0.6) is 0 Å². The van der Waals surface area contributed by atoms with E-state index < -0.39 is 0 Å². The Morgan fingerprint density at radius 2 is 1.62 bits per heavy atom. The summed E-state index contributed by atoms with van der Waals surface area (Å²) in [4.78, 5) is 38.0. The first-order valence-corrected chi connectivity index (χ1v) is 10.0. The van der Waals surface area contributed by atoms with Gasteiger partial charge in [0.2, 0.25) is 11.8 Å². The van der Waals surface area contributed by atoms with Gasteiger partial charge in [0.1, 0.15) is 0 Å². The second-order valence-electron chi connectivity index (χ2n) is 7.35. The van der Waals surface area contributed by atoms with Crippen LogP contribution < -0.4 is 10.6 Å². The molecule has 0 bridgehead atoms. The number of anilines is 1. The van der Waals surface area contributed by atoms with Crippen molar-refractivity contribution in [2.24, 2.45) is 5.92 Å². The van der Waals surface area contributed by atoms with E-state index >= 15 is 0 Å². The SMILES string of the molecule is CC(=O)Nc1ccc(C(=O)N2CCC(C(=O)NCCc3ccccc3)CC2)cc1. The molecule has 1 heterocycles. The summed E-state index contributed by atoms with van der Waals surface area (Å²) in [5.74, 6) is -0.153. The second-order valence-corrected chi connectivity index (χ2v) is 7.35. The van der Waals surface area contributed by atoms with Crippen LogP contribution in [0.4, 0.5) is 5.69 Å². The van der Waals surface area contributed by atoms with Crippen molar-refractivity contribution in [3.05, 3.63) is 65.7 Å². The first kappa shape index (κ1) is 20.6. The highest BCUT2D eigenvalue weighted by atomic mass is 16.2. The number of likely N-dealkylation sites (tertiary alicyclic amines) is 1. The van der Waals surface area contributed by atoms with Gasteiger partial charge < -0.3 is 15.5 Å². The molecule has 0 aliphatic carbocycles. The highest BCUT2D eigenvalue weighted by Gasteiger charge is 2.27. The van der Waals surface area contributed by atoms with Gasteiger partial charge in [0, 0.05) is 43.7 Å². The van der Waals surface area contributed by atoms with E-state index in [1.54, 1.807) is 29.2 Å². The van der Waals surface area contributed by atoms with Gasteiger partial charge in [-0.1, -0.05) is 30.3 Å². The number of rotatable bonds is 6. The molecule has 3 rings (SSSR count). The number of nitrogens with zero attached hydrogens (tertiary/aromatic N) is 1. The Kier molecular flexibility index (Phi) is 7.00. The summed E-state index contributed by atoms with van der Waals surface area (Å²) in [5.41, 5.74) is 2.46. The van der Waals surface area contributed by atoms with Crippen molar-refractivity contribution in [2.75, 3.05) is 25.0 Å². The van der Waals surface area contributed by atoms with Crippen LogP contribution in [0.15, 0.2) is 54.6 Å². The molecule has 29 heavy (non-hydrogen) atoms. The smallest absolute Gasteiger partial charge is 0.253 e. The second kappa shape index (κ2) is 9.87. The number of benzene rings is 2. The van der Waals surface area contributed by atoms with E-state index in [1.807, 2.05) is 18.2 Å². The Morgan fingerprint density at radius 3 is 2.24 bits per heavy atom. The van der Waals surface area contributed by atoms with Crippen LogP contribution in [0.3, 0.4) is 0 Å². The van der Waals surface area contributed by atoms with Crippen LogP contribution in [0.25, 0.3) is 0 Å². The van der Waals surface area contributed by atoms with Gasteiger partial charge in [-0.05, 0) is 49.1 Å². The maximum absolute atomic E-state index is 12.7. The lowest BCUT2D eigenvalue weighted by Crippen LogP contribution is -2.43. The standard InChI is InChI=1S/C23H27N3O3/c1-17(27)25-21-9-7-20(8-10-21)23(29)26-15-12-19(13-16-26)22(28)24-14-11-18-5-3-2-4-6-18/h2-10,19H,11-16H2,1H3,(H,24,28)(H,25,27). The molecule has 6 nitrogen and oxygen atoms in total. The largest absolute Gasteiger partial charge is 0.356 e. The third-order valence-electron chi connectivity index (χ3n) is 5.16. The summed E-state index contributed by atoms with van der Waals surface area (Å²) in [6.07, 6.45) is 2.16. The zero-order chi connectivity index (χ0) is 20.6. The molecule has 1 aliphatic rings. The lowest BCUT2D eigenvalue weighted by molar-refractivity contribution is -0.126. The normalized spacial score (nSPS) is 14.3. The fourth-order valence-corrected chi connectivity index (χ4v) is 3.55. The van der Waals surface area contributed by atoms with E-state index in [2.05, 4.69) is 22.8 Å². The van der Waals surface area contributed by atoms with Crippen LogP contribution >= 0.6 is 0 Å². The van der Waals surface area contributed by atoms with Crippen LogP contribution in [0, 0.1) is 5.92 Å². The molecule has 0 saturated carbocycles. The monoisotopic (exact) mass is 393 g/mol. The Labute approximate surface area is 171 Å². The number of hydrogen-bond donors (Lipinski definition) is 2. The van der Waals surface area contributed by atoms with Crippen LogP contribution in [0.2, 0.25) is 0 Å². The molecule has 0 aromatic heterocycles. The molecule has 6 heteroatoms.